The van der Waals surface area contributed by atoms with E-state index in [-0.39, 0.29) is 65.4 Å². The van der Waals surface area contributed by atoms with Gasteiger partial charge in [0.05, 0.1) is 46.5 Å². The number of amides is 4. The number of pyridine rings is 1. The van der Waals surface area contributed by atoms with Gasteiger partial charge in [-0.3, -0.25) is 28.9 Å². The second-order valence-electron chi connectivity index (χ2n) is 28.2. The summed E-state index contributed by atoms with van der Waals surface area (Å²) >= 11 is 1.39. The Kier molecular flexibility index (Phi) is 20.1. The van der Waals surface area contributed by atoms with E-state index in [0.29, 0.717) is 71.2 Å². The van der Waals surface area contributed by atoms with Crippen molar-refractivity contribution in [2.24, 2.45) is 27.9 Å². The molecule has 11 N–H and O–H groups in total. The zero-order valence-electron chi connectivity index (χ0n) is 54.9. The molecule has 6 aromatic rings. The highest BCUT2D eigenvalue weighted by Gasteiger charge is 2.66. The Morgan fingerprint density at radius 2 is 1.59 bits per heavy atom. The van der Waals surface area contributed by atoms with Gasteiger partial charge in [0.15, 0.2) is 16.9 Å². The zero-order valence-corrected chi connectivity index (χ0v) is 56.5. The van der Waals surface area contributed by atoms with Crippen LogP contribution in [0.3, 0.4) is 0 Å². The highest BCUT2D eigenvalue weighted by atomic mass is 32.2. The summed E-state index contributed by atoms with van der Waals surface area (Å²) in [7, 11) is -4.59. The number of thiazole rings is 1. The number of aliphatic carboxylic acids is 1. The van der Waals surface area contributed by atoms with Gasteiger partial charge in [0.25, 0.3) is 16.0 Å². The second kappa shape index (κ2) is 27.7. The molecule has 4 unspecified atom stereocenters. The zero-order chi connectivity index (χ0) is 69.7. The third-order valence-electron chi connectivity index (χ3n) is 19.9. The van der Waals surface area contributed by atoms with Gasteiger partial charge >= 0.3 is 18.0 Å². The standard InChI is InChI=1S/C68H84N10O17S2/c1-37(2)52(69)60(84)71-38(3)58(82)72-43-16-14-42(41(26-43)15-18-49-54(79)55(80)56(81)57(95-49)62(87)88)29-93-64(89)76(23-25-97(90,91)92)22-24-94-68-33-65(5)30-66(6,34-68)32-67(31-65,35-68)36-78-39(4)46(27-70-78)44-17-19-51(74-53(44)61(85)86)77-21-20-40-10-9-11-45(47(40)28-77)59(83)75-63-73-48-12-7-8-13-50(48)96-63/h7-14,16-17,19,26-27,37-38,49,52,54-57,79-81H,15,18,20-25,28-36,69H2,1-6H3,(H,71,84)(H,72,82)(H,85,86)(H,87,88)(H,73,75,83)(H,90,91,92)/t38?,49-,52?,54-,55+,56-,57-,65?,66?,67?,68?/m0/s1. The lowest BCUT2D eigenvalue weighted by molar-refractivity contribution is -0.248. The molecular formula is C68H84N10O17S2. The number of fused-ring (bicyclic) bond motifs is 2. The number of rotatable bonds is 25. The van der Waals surface area contributed by atoms with Crippen molar-refractivity contribution in [3.05, 3.63) is 118 Å². The minimum absolute atomic E-state index is 0.0291. The Hall–Kier alpha value is -8.00. The number of carboxylic acids is 2. The first-order valence-electron chi connectivity index (χ1n) is 32.5. The van der Waals surface area contributed by atoms with E-state index in [9.17, 15) is 67.3 Å². The number of aliphatic hydroxyl groups is 3. The largest absolute Gasteiger partial charge is 0.479 e. The molecule has 3 aromatic carbocycles. The van der Waals surface area contributed by atoms with Gasteiger partial charge in [-0.25, -0.2) is 24.4 Å². The van der Waals surface area contributed by atoms with Crippen LogP contribution in [0.1, 0.15) is 128 Å². The molecule has 9 atom stereocenters. The number of nitrogens with one attached hydrogen (secondary N) is 3. The summed E-state index contributed by atoms with van der Waals surface area (Å²) in [4.78, 5) is 91.7. The summed E-state index contributed by atoms with van der Waals surface area (Å²) in [6.45, 7) is 11.7. The van der Waals surface area contributed by atoms with Crippen LogP contribution < -0.4 is 26.6 Å². The number of carboxylic acid groups (broad SMARTS) is 2. The molecule has 4 bridgehead atoms. The number of aryl methyl sites for hydroxylation is 1. The maximum absolute atomic E-state index is 14.2. The Morgan fingerprint density at radius 1 is 0.845 bits per heavy atom. The first kappa shape index (κ1) is 70.3. The molecule has 6 aliphatic rings. The van der Waals surface area contributed by atoms with E-state index in [2.05, 4.69) is 34.8 Å². The summed E-state index contributed by atoms with van der Waals surface area (Å²) in [5.74, 6) is -4.78. The fourth-order valence-electron chi connectivity index (χ4n) is 16.2. The van der Waals surface area contributed by atoms with E-state index in [0.717, 1.165) is 64.0 Å². The number of nitrogens with two attached hydrogens (primary N) is 1. The lowest BCUT2D eigenvalue weighted by Gasteiger charge is -2.69. The highest BCUT2D eigenvalue weighted by molar-refractivity contribution is 7.85. The van der Waals surface area contributed by atoms with Crippen molar-refractivity contribution in [3.63, 3.8) is 0 Å². The number of ether oxygens (including phenoxy) is 3. The topological polar surface area (TPSA) is 398 Å². The molecule has 97 heavy (non-hydrogen) atoms. The predicted molar refractivity (Wildman–Crippen MR) is 357 cm³/mol. The van der Waals surface area contributed by atoms with Gasteiger partial charge in [-0.2, -0.15) is 13.5 Å². The van der Waals surface area contributed by atoms with Crippen LogP contribution in [0.15, 0.2) is 79.0 Å². The van der Waals surface area contributed by atoms with Gasteiger partial charge in [-0.15, -0.1) is 0 Å². The fourth-order valence-corrected chi connectivity index (χ4v) is 17.6. The number of aromatic nitrogens is 4. The lowest BCUT2D eigenvalue weighted by Crippen LogP contribution is -2.64. The van der Waals surface area contributed by atoms with Gasteiger partial charge in [0.1, 0.15) is 36.8 Å². The molecule has 2 aliphatic heterocycles. The quantitative estimate of drug-likeness (QED) is 0.0280. The van der Waals surface area contributed by atoms with Crippen molar-refractivity contribution in [1.29, 1.82) is 0 Å². The summed E-state index contributed by atoms with van der Waals surface area (Å²) in [6.07, 6.45) is -2.72. The number of aromatic carboxylic acids is 1. The van der Waals surface area contributed by atoms with Crippen molar-refractivity contribution in [1.82, 2.24) is 30.0 Å². The third kappa shape index (κ3) is 15.5. The SMILES string of the molecule is Cc1c(-c2ccc(N3CCc4cccc(C(=O)Nc5nc6ccccc6s5)c4C3)nc2C(=O)O)cnn1CC12CC3(C)CC(C)(C1)CC(OCCN(CCS(=O)(=O)O)C(=O)OCc1ccc(NC(=O)C(C)NC(=O)C(N)C(C)C)cc1CC[C@@H]1O[C@H](C(=O)O)[C@@H](O)[C@H](O)[C@H]1O)(C3)C2. The number of carbonyl (C=O) groups excluding carboxylic acids is 4. The molecule has 5 heterocycles. The molecule has 29 heteroatoms. The number of hydrogen-bond donors (Lipinski definition) is 10. The smallest absolute Gasteiger partial charge is 0.410 e. The van der Waals surface area contributed by atoms with Crippen LogP contribution in [-0.4, -0.2) is 179 Å². The molecule has 0 spiro atoms. The van der Waals surface area contributed by atoms with Gasteiger partial charge < -0.3 is 65.9 Å². The van der Waals surface area contributed by atoms with E-state index < -0.39 is 107 Å². The molecule has 4 saturated carbocycles. The maximum atomic E-state index is 14.2. The minimum atomic E-state index is -4.59. The van der Waals surface area contributed by atoms with E-state index in [1.807, 2.05) is 59.0 Å². The fraction of sp³-hybridized carbons (Fsp3) is 0.515. The van der Waals surface area contributed by atoms with Crippen molar-refractivity contribution >= 4 is 84.1 Å². The number of carbonyl (C=O) groups is 6. The van der Waals surface area contributed by atoms with Crippen LogP contribution in [0.25, 0.3) is 21.3 Å². The monoisotopic (exact) mass is 1380 g/mol. The first-order valence-corrected chi connectivity index (χ1v) is 35.0. The van der Waals surface area contributed by atoms with Crippen LogP contribution in [0.2, 0.25) is 0 Å². The summed E-state index contributed by atoms with van der Waals surface area (Å²) in [5.41, 5.74) is 10.4. The molecule has 0 radical (unpaired) electrons. The molecule has 12 rings (SSSR count). The Morgan fingerprint density at radius 3 is 2.29 bits per heavy atom. The molecule has 1 saturated heterocycles. The van der Waals surface area contributed by atoms with Gasteiger partial charge in [-0.1, -0.05) is 69.4 Å². The highest BCUT2D eigenvalue weighted by Crippen LogP contribution is 2.72. The van der Waals surface area contributed by atoms with E-state index >= 15 is 0 Å². The number of para-hydroxylation sites is 1. The number of nitrogens with zero attached hydrogens (tertiary/aromatic N) is 6. The third-order valence-corrected chi connectivity index (χ3v) is 21.5. The van der Waals surface area contributed by atoms with Crippen LogP contribution in [0, 0.1) is 29.1 Å². The lowest BCUT2D eigenvalue weighted by atomic mass is 9.39. The average molecular weight is 1380 g/mol. The van der Waals surface area contributed by atoms with E-state index in [1.54, 1.807) is 38.2 Å². The van der Waals surface area contributed by atoms with Crippen molar-refractivity contribution in [2.45, 2.75) is 167 Å². The van der Waals surface area contributed by atoms with Gasteiger partial charge in [0, 0.05) is 60.8 Å². The van der Waals surface area contributed by atoms with E-state index in [4.69, 9.17) is 30.0 Å². The van der Waals surface area contributed by atoms with Crippen LogP contribution in [0.5, 0.6) is 0 Å². The summed E-state index contributed by atoms with van der Waals surface area (Å²) in [5, 5.41) is 65.9. The number of hydrogen-bond acceptors (Lipinski definition) is 20. The number of anilines is 3. The molecule has 520 valence electrons. The molecule has 5 fully saturated rings. The first-order chi connectivity index (χ1) is 45.8. The van der Waals surface area contributed by atoms with Crippen LogP contribution >= 0.6 is 11.3 Å². The second-order valence-corrected chi connectivity index (χ2v) is 30.8. The molecule has 3 aromatic heterocycles. The van der Waals surface area contributed by atoms with Crippen LogP contribution in [-0.2, 0) is 71.3 Å². The number of aliphatic hydroxyl groups excluding tert-OH is 3. The molecule has 4 amide bonds. The van der Waals surface area contributed by atoms with Gasteiger partial charge in [-0.05, 0) is 159 Å². The number of benzene rings is 3. The summed E-state index contributed by atoms with van der Waals surface area (Å²) in [6, 6.07) is 19.6. The predicted octanol–water partition coefficient (Wildman–Crippen LogP) is 6.33. The Balaban J connectivity index is 0.771. The van der Waals surface area contributed by atoms with Crippen LogP contribution in [0.4, 0.5) is 21.4 Å². The molecule has 4 aliphatic carbocycles. The molecular weight excluding hydrogens is 1290 g/mol. The maximum Gasteiger partial charge on any atom is 0.410 e. The average Bonchev–Trinajstić information content (AvgIpc) is 0.762. The van der Waals surface area contributed by atoms with Crippen molar-refractivity contribution < 1.29 is 81.5 Å². The van der Waals surface area contributed by atoms with Gasteiger partial charge in [0.2, 0.25) is 11.8 Å². The Labute approximate surface area is 564 Å². The van der Waals surface area contributed by atoms with Crippen molar-refractivity contribution in [3.8, 4) is 11.1 Å². The summed E-state index contributed by atoms with van der Waals surface area (Å²) < 4.78 is 55.6. The Bertz CT molecular complexity index is 4090. The molecule has 27 nitrogen and oxygen atoms in total. The van der Waals surface area contributed by atoms with Crippen molar-refractivity contribution in [2.75, 3.05) is 47.5 Å². The van der Waals surface area contributed by atoms with E-state index in [1.165, 1.54) is 30.4 Å². The minimum Gasteiger partial charge on any atom is -0.479 e. The normalized spacial score (nSPS) is 25.7.